The Hall–Kier alpha value is -1.08. The number of nitrogens with zero attached hydrogens (tertiary/aromatic N) is 2. The van der Waals surface area contributed by atoms with Crippen molar-refractivity contribution in [3.63, 3.8) is 0 Å². The number of unbranched alkanes of at least 4 members (excludes halogenated alkanes) is 1. The van der Waals surface area contributed by atoms with E-state index in [-0.39, 0.29) is 0 Å². The molecule has 1 aromatic rings. The van der Waals surface area contributed by atoms with Crippen molar-refractivity contribution in [2.75, 3.05) is 18.3 Å². The lowest BCUT2D eigenvalue weighted by atomic mass is 10.3. The molecular weight excluding hydrogens is 216 g/mol. The largest absolute Gasteiger partial charge is 0.301 e. The first-order valence-corrected chi connectivity index (χ1v) is 6.23. The van der Waals surface area contributed by atoms with Crippen molar-refractivity contribution in [1.82, 2.24) is 14.5 Å². The van der Waals surface area contributed by atoms with Crippen LogP contribution in [0.25, 0.3) is 0 Å². The van der Waals surface area contributed by atoms with E-state index in [1.807, 2.05) is 6.92 Å². The Morgan fingerprint density at radius 2 is 2.33 bits per heavy atom. The van der Waals surface area contributed by atoms with Crippen molar-refractivity contribution in [1.29, 1.82) is 0 Å². The highest BCUT2D eigenvalue weighted by Gasteiger charge is 2.16. The van der Waals surface area contributed by atoms with Gasteiger partial charge in [-0.25, -0.2) is 0 Å². The molecule has 0 saturated heterocycles. The third-order valence-electron chi connectivity index (χ3n) is 1.98. The van der Waals surface area contributed by atoms with Crippen LogP contribution in [0.4, 0.5) is 5.69 Å². The minimum absolute atomic E-state index is 0.443. The van der Waals surface area contributed by atoms with Crippen LogP contribution in [-0.4, -0.2) is 36.5 Å². The molecule has 0 aliphatic carbocycles. The summed E-state index contributed by atoms with van der Waals surface area (Å²) in [6.07, 6.45) is 4.73. The molecule has 0 fully saturated rings. The van der Waals surface area contributed by atoms with E-state index in [1.54, 1.807) is 7.05 Å². The average Bonchev–Trinajstić information content (AvgIpc) is 2.65. The summed E-state index contributed by atoms with van der Waals surface area (Å²) in [4.78, 5) is 0. The van der Waals surface area contributed by atoms with E-state index in [4.69, 9.17) is 0 Å². The number of hydrogen-bond acceptors (Lipinski definition) is 3. The van der Waals surface area contributed by atoms with Crippen molar-refractivity contribution < 1.29 is 8.42 Å². The van der Waals surface area contributed by atoms with Crippen LogP contribution in [0.1, 0.15) is 19.8 Å². The third kappa shape index (κ3) is 3.52. The van der Waals surface area contributed by atoms with Gasteiger partial charge in [-0.05, 0) is 6.42 Å². The summed E-state index contributed by atoms with van der Waals surface area (Å²) >= 11 is 0. The first-order valence-electron chi connectivity index (χ1n) is 4.79. The number of hydrogen-bond donors (Lipinski definition) is 2. The van der Waals surface area contributed by atoms with Gasteiger partial charge in [0.25, 0.3) is 0 Å². The normalized spacial score (nSPS) is 11.9. The summed E-state index contributed by atoms with van der Waals surface area (Å²) in [6, 6.07) is 0. The summed E-state index contributed by atoms with van der Waals surface area (Å²) in [6.45, 7) is 2.54. The predicted molar refractivity (Wildman–Crippen MR) is 58.7 cm³/mol. The Morgan fingerprint density at radius 1 is 1.60 bits per heavy atom. The quantitative estimate of drug-likeness (QED) is 0.761. The molecule has 0 atom stereocenters. The molecule has 1 heterocycles. The zero-order valence-electron chi connectivity index (χ0n) is 8.90. The topological polar surface area (TPSA) is 78.1 Å². The van der Waals surface area contributed by atoms with Gasteiger partial charge in [0.1, 0.15) is 0 Å². The number of aromatic amines is 1. The van der Waals surface area contributed by atoms with E-state index >= 15 is 0 Å². The molecule has 0 aliphatic rings. The molecule has 0 bridgehead atoms. The second-order valence-corrected chi connectivity index (χ2v) is 5.05. The van der Waals surface area contributed by atoms with Gasteiger partial charge in [0.2, 0.25) is 0 Å². The maximum absolute atomic E-state index is 11.7. The minimum Gasteiger partial charge on any atom is -0.284 e. The minimum atomic E-state index is -3.43. The van der Waals surface area contributed by atoms with Crippen LogP contribution in [0.5, 0.6) is 0 Å². The second-order valence-electron chi connectivity index (χ2n) is 3.27. The van der Waals surface area contributed by atoms with E-state index in [1.165, 1.54) is 16.7 Å². The molecular formula is C8H16N4O2S. The molecule has 1 rings (SSSR count). The fraction of sp³-hybridized carbons (Fsp3) is 0.625. The van der Waals surface area contributed by atoms with Gasteiger partial charge in [-0.2, -0.15) is 17.8 Å². The van der Waals surface area contributed by atoms with Crippen LogP contribution >= 0.6 is 0 Å². The molecule has 0 radical (unpaired) electrons. The standard InChI is InChI=1S/C8H16N4O2S/c1-3-4-5-12(2)15(13,14)11-8-6-9-10-7-8/h6-7,11H,3-5H2,1-2H3,(H,9,10). The lowest BCUT2D eigenvalue weighted by molar-refractivity contribution is 0.463. The Balaban J connectivity index is 2.59. The van der Waals surface area contributed by atoms with Gasteiger partial charge in [-0.15, -0.1) is 0 Å². The first kappa shape index (κ1) is 12.0. The highest BCUT2D eigenvalue weighted by Crippen LogP contribution is 2.08. The number of H-pyrrole nitrogens is 1. The second kappa shape index (κ2) is 5.13. The van der Waals surface area contributed by atoms with Gasteiger partial charge in [0.05, 0.1) is 11.9 Å². The molecule has 0 aromatic carbocycles. The predicted octanol–water partition coefficient (Wildman–Crippen LogP) is 0.798. The molecule has 0 saturated carbocycles. The Morgan fingerprint density at radius 3 is 2.87 bits per heavy atom. The van der Waals surface area contributed by atoms with Crippen molar-refractivity contribution in [3.8, 4) is 0 Å². The molecule has 86 valence electrons. The van der Waals surface area contributed by atoms with E-state index < -0.39 is 10.2 Å². The van der Waals surface area contributed by atoms with E-state index in [2.05, 4.69) is 14.9 Å². The molecule has 1 aromatic heterocycles. The van der Waals surface area contributed by atoms with E-state index in [0.717, 1.165) is 12.8 Å². The SMILES string of the molecule is CCCCN(C)S(=O)(=O)Nc1cn[nH]c1. The summed E-state index contributed by atoms with van der Waals surface area (Å²) in [5, 5.41) is 6.20. The van der Waals surface area contributed by atoms with Crippen LogP contribution in [0.2, 0.25) is 0 Å². The third-order valence-corrected chi connectivity index (χ3v) is 3.48. The van der Waals surface area contributed by atoms with Gasteiger partial charge in [0, 0.05) is 19.8 Å². The Labute approximate surface area is 89.9 Å². The van der Waals surface area contributed by atoms with Crippen molar-refractivity contribution in [2.24, 2.45) is 0 Å². The van der Waals surface area contributed by atoms with E-state index in [0.29, 0.717) is 12.2 Å². The van der Waals surface area contributed by atoms with Gasteiger partial charge in [0.15, 0.2) is 0 Å². The fourth-order valence-corrected chi connectivity index (χ4v) is 1.97. The van der Waals surface area contributed by atoms with Crippen LogP contribution < -0.4 is 4.72 Å². The fourth-order valence-electron chi connectivity index (χ4n) is 1.03. The summed E-state index contributed by atoms with van der Waals surface area (Å²) < 4.78 is 27.1. The molecule has 2 N–H and O–H groups in total. The smallest absolute Gasteiger partial charge is 0.284 e. The molecule has 0 aliphatic heterocycles. The molecule has 15 heavy (non-hydrogen) atoms. The number of anilines is 1. The van der Waals surface area contributed by atoms with Crippen molar-refractivity contribution in [2.45, 2.75) is 19.8 Å². The molecule has 0 amide bonds. The summed E-state index contributed by atoms with van der Waals surface area (Å²) in [7, 11) is -1.88. The highest BCUT2D eigenvalue weighted by molar-refractivity contribution is 7.90. The Bertz CT molecular complexity index is 373. The zero-order chi connectivity index (χ0) is 11.3. The van der Waals surface area contributed by atoms with Crippen LogP contribution in [0.15, 0.2) is 12.4 Å². The first-order chi connectivity index (χ1) is 7.06. The van der Waals surface area contributed by atoms with Crippen LogP contribution in [-0.2, 0) is 10.2 Å². The molecule has 6 nitrogen and oxygen atoms in total. The van der Waals surface area contributed by atoms with Crippen LogP contribution in [0.3, 0.4) is 0 Å². The lowest BCUT2D eigenvalue weighted by Gasteiger charge is -2.16. The monoisotopic (exact) mass is 232 g/mol. The summed E-state index contributed by atoms with van der Waals surface area (Å²) in [5.74, 6) is 0. The van der Waals surface area contributed by atoms with Crippen molar-refractivity contribution >= 4 is 15.9 Å². The Kier molecular flexibility index (Phi) is 4.10. The molecule has 0 unspecified atom stereocenters. The van der Waals surface area contributed by atoms with Gasteiger partial charge < -0.3 is 0 Å². The number of aromatic nitrogens is 2. The molecule has 7 heteroatoms. The van der Waals surface area contributed by atoms with Gasteiger partial charge in [-0.1, -0.05) is 13.3 Å². The maximum atomic E-state index is 11.7. The van der Waals surface area contributed by atoms with Crippen LogP contribution in [0, 0.1) is 0 Å². The van der Waals surface area contributed by atoms with Crippen molar-refractivity contribution in [3.05, 3.63) is 12.4 Å². The summed E-state index contributed by atoms with van der Waals surface area (Å²) in [5.41, 5.74) is 0.443. The number of nitrogens with one attached hydrogen (secondary N) is 2. The highest BCUT2D eigenvalue weighted by atomic mass is 32.2. The van der Waals surface area contributed by atoms with E-state index in [9.17, 15) is 8.42 Å². The average molecular weight is 232 g/mol. The van der Waals surface area contributed by atoms with Gasteiger partial charge in [-0.3, -0.25) is 9.82 Å². The maximum Gasteiger partial charge on any atom is 0.301 e. The van der Waals surface area contributed by atoms with Gasteiger partial charge >= 0.3 is 10.2 Å². The lowest BCUT2D eigenvalue weighted by Crippen LogP contribution is -2.33. The zero-order valence-corrected chi connectivity index (χ0v) is 9.71. The molecule has 0 spiro atoms. The number of rotatable bonds is 6.